The molecule has 14 heavy (non-hydrogen) atoms. The summed E-state index contributed by atoms with van der Waals surface area (Å²) < 4.78 is 22.6. The number of rotatable bonds is 2. The Morgan fingerprint density at radius 1 is 1.07 bits per heavy atom. The standard InChI is InChI=1S/C7H4Cl4O2S/c8-3-14(12,13)4-1-5(9)7(11)6(10)2-4/h1-2H,3H2. The largest absolute Gasteiger partial charge is 0.222 e. The molecule has 7 heteroatoms. The van der Waals surface area contributed by atoms with Gasteiger partial charge in [0.1, 0.15) is 5.21 Å². The molecule has 0 spiro atoms. The number of hydrogen-bond donors (Lipinski definition) is 0. The fourth-order valence-corrected chi connectivity index (χ4v) is 2.60. The van der Waals surface area contributed by atoms with Crippen LogP contribution in [0.25, 0.3) is 0 Å². The van der Waals surface area contributed by atoms with E-state index in [9.17, 15) is 8.42 Å². The minimum atomic E-state index is -3.52. The summed E-state index contributed by atoms with van der Waals surface area (Å²) in [5.41, 5.74) is 0. The van der Waals surface area contributed by atoms with E-state index >= 15 is 0 Å². The van der Waals surface area contributed by atoms with Crippen molar-refractivity contribution in [2.45, 2.75) is 4.90 Å². The molecule has 0 aromatic heterocycles. The Kier molecular flexibility index (Phi) is 3.95. The van der Waals surface area contributed by atoms with Crippen LogP contribution in [0.1, 0.15) is 0 Å². The van der Waals surface area contributed by atoms with Crippen molar-refractivity contribution in [2.24, 2.45) is 0 Å². The molecule has 0 saturated carbocycles. The first-order valence-electron chi connectivity index (χ1n) is 3.32. The highest BCUT2D eigenvalue weighted by Gasteiger charge is 2.16. The molecular formula is C7H4Cl4O2S. The normalized spacial score (nSPS) is 11.7. The predicted octanol–water partition coefficient (Wildman–Crippen LogP) is 3.62. The van der Waals surface area contributed by atoms with Gasteiger partial charge in [-0.1, -0.05) is 34.8 Å². The zero-order valence-electron chi connectivity index (χ0n) is 6.60. The Balaban J connectivity index is 3.41. The molecular weight excluding hydrogens is 290 g/mol. The molecule has 0 saturated heterocycles. The second kappa shape index (κ2) is 4.45. The first kappa shape index (κ1) is 12.4. The van der Waals surface area contributed by atoms with E-state index < -0.39 is 15.0 Å². The highest BCUT2D eigenvalue weighted by Crippen LogP contribution is 2.33. The van der Waals surface area contributed by atoms with Crippen LogP contribution in [0.15, 0.2) is 17.0 Å². The van der Waals surface area contributed by atoms with Crippen molar-refractivity contribution >= 4 is 56.2 Å². The molecule has 0 unspecified atom stereocenters. The number of alkyl halides is 1. The smallest absolute Gasteiger partial charge is 0.192 e. The lowest BCUT2D eigenvalue weighted by atomic mass is 10.4. The molecule has 0 radical (unpaired) electrons. The highest BCUT2D eigenvalue weighted by atomic mass is 35.5. The van der Waals surface area contributed by atoms with Crippen LogP contribution in [0.4, 0.5) is 0 Å². The van der Waals surface area contributed by atoms with Gasteiger partial charge in [0, 0.05) is 0 Å². The summed E-state index contributed by atoms with van der Waals surface area (Å²) in [6.07, 6.45) is 0. The Bertz CT molecular complexity index is 432. The summed E-state index contributed by atoms with van der Waals surface area (Å²) in [6.45, 7) is 0. The predicted molar refractivity (Wildman–Crippen MR) is 59.4 cm³/mol. The molecule has 0 aliphatic heterocycles. The monoisotopic (exact) mass is 292 g/mol. The van der Waals surface area contributed by atoms with E-state index in [-0.39, 0.29) is 20.0 Å². The summed E-state index contributed by atoms with van der Waals surface area (Å²) in [5, 5.41) is -0.228. The Morgan fingerprint density at radius 3 is 1.86 bits per heavy atom. The van der Waals surface area contributed by atoms with Gasteiger partial charge in [0.2, 0.25) is 0 Å². The number of sulfone groups is 1. The maximum Gasteiger partial charge on any atom is 0.192 e. The van der Waals surface area contributed by atoms with Gasteiger partial charge in [-0.05, 0) is 12.1 Å². The second-order valence-corrected chi connectivity index (χ2v) is 6.19. The molecule has 0 aliphatic carbocycles. The SMILES string of the molecule is O=S(=O)(CCl)c1cc(Cl)c(Cl)c(Cl)c1. The third-order valence-corrected chi connectivity index (χ3v) is 4.76. The fraction of sp³-hybridized carbons (Fsp3) is 0.143. The average molecular weight is 294 g/mol. The molecule has 0 fully saturated rings. The zero-order valence-corrected chi connectivity index (χ0v) is 10.4. The summed E-state index contributed by atoms with van der Waals surface area (Å²) in [4.78, 5) is -0.0353. The molecule has 0 heterocycles. The van der Waals surface area contributed by atoms with Crippen molar-refractivity contribution in [1.82, 2.24) is 0 Å². The molecule has 0 atom stereocenters. The van der Waals surface area contributed by atoms with Crippen molar-refractivity contribution in [2.75, 3.05) is 5.21 Å². The van der Waals surface area contributed by atoms with Crippen LogP contribution >= 0.6 is 46.4 Å². The van der Waals surface area contributed by atoms with E-state index in [0.29, 0.717) is 0 Å². The zero-order chi connectivity index (χ0) is 10.9. The van der Waals surface area contributed by atoms with Gasteiger partial charge >= 0.3 is 0 Å². The number of hydrogen-bond acceptors (Lipinski definition) is 2. The first-order valence-corrected chi connectivity index (χ1v) is 6.64. The highest BCUT2D eigenvalue weighted by molar-refractivity contribution is 7.92. The minimum Gasteiger partial charge on any atom is -0.222 e. The molecule has 0 bridgehead atoms. The third-order valence-electron chi connectivity index (χ3n) is 1.46. The van der Waals surface area contributed by atoms with Gasteiger partial charge in [-0.25, -0.2) is 8.42 Å². The molecule has 1 aromatic carbocycles. The van der Waals surface area contributed by atoms with Crippen LogP contribution < -0.4 is 0 Å². The van der Waals surface area contributed by atoms with Gasteiger partial charge in [0.05, 0.1) is 20.0 Å². The number of benzene rings is 1. The van der Waals surface area contributed by atoms with E-state index in [1.54, 1.807) is 0 Å². The second-order valence-electron chi connectivity index (χ2n) is 2.42. The molecule has 0 aliphatic rings. The summed E-state index contributed by atoms with van der Waals surface area (Å²) in [5.74, 6) is 0. The van der Waals surface area contributed by atoms with Crippen molar-refractivity contribution in [1.29, 1.82) is 0 Å². The van der Waals surface area contributed by atoms with Crippen LogP contribution in [0.2, 0.25) is 15.1 Å². The fourth-order valence-electron chi connectivity index (χ4n) is 0.775. The van der Waals surface area contributed by atoms with Crippen molar-refractivity contribution in [3.63, 3.8) is 0 Å². The Labute approximate surface area is 102 Å². The van der Waals surface area contributed by atoms with Gasteiger partial charge in [0.15, 0.2) is 9.84 Å². The molecule has 2 nitrogen and oxygen atoms in total. The van der Waals surface area contributed by atoms with Crippen LogP contribution in [-0.2, 0) is 9.84 Å². The maximum absolute atomic E-state index is 11.3. The van der Waals surface area contributed by atoms with Crippen LogP contribution in [0.3, 0.4) is 0 Å². The quantitative estimate of drug-likeness (QED) is 0.616. The van der Waals surface area contributed by atoms with Crippen LogP contribution in [0.5, 0.6) is 0 Å². The van der Waals surface area contributed by atoms with E-state index in [4.69, 9.17) is 46.4 Å². The van der Waals surface area contributed by atoms with E-state index in [1.807, 2.05) is 0 Å². The molecule has 0 N–H and O–H groups in total. The maximum atomic E-state index is 11.3. The summed E-state index contributed by atoms with van der Waals surface area (Å²) >= 11 is 22.2. The van der Waals surface area contributed by atoms with Gasteiger partial charge in [-0.3, -0.25) is 0 Å². The number of halogens is 4. The Morgan fingerprint density at radius 2 is 1.50 bits per heavy atom. The first-order chi connectivity index (χ1) is 6.38. The van der Waals surface area contributed by atoms with Crippen molar-refractivity contribution in [3.8, 4) is 0 Å². The Hall–Kier alpha value is 0.330. The molecule has 0 amide bonds. The lowest BCUT2D eigenvalue weighted by molar-refractivity contribution is 0.600. The summed E-state index contributed by atoms with van der Waals surface area (Å²) in [6, 6.07) is 2.43. The van der Waals surface area contributed by atoms with E-state index in [1.165, 1.54) is 12.1 Å². The summed E-state index contributed by atoms with van der Waals surface area (Å²) in [7, 11) is -3.52. The minimum absolute atomic E-state index is 0.0353. The van der Waals surface area contributed by atoms with Gasteiger partial charge in [-0.15, -0.1) is 11.6 Å². The lowest BCUT2D eigenvalue weighted by Gasteiger charge is -2.04. The molecule has 1 rings (SSSR count). The van der Waals surface area contributed by atoms with Crippen molar-refractivity contribution in [3.05, 3.63) is 27.2 Å². The van der Waals surface area contributed by atoms with Crippen LogP contribution in [-0.4, -0.2) is 13.6 Å². The third kappa shape index (κ3) is 2.47. The topological polar surface area (TPSA) is 34.1 Å². The van der Waals surface area contributed by atoms with Gasteiger partial charge in [0.25, 0.3) is 0 Å². The average Bonchev–Trinajstić information content (AvgIpc) is 2.13. The van der Waals surface area contributed by atoms with Gasteiger partial charge < -0.3 is 0 Å². The molecule has 1 aromatic rings. The molecule has 78 valence electrons. The van der Waals surface area contributed by atoms with E-state index in [2.05, 4.69) is 0 Å². The van der Waals surface area contributed by atoms with Crippen molar-refractivity contribution < 1.29 is 8.42 Å². The van der Waals surface area contributed by atoms with Gasteiger partial charge in [-0.2, -0.15) is 0 Å². The van der Waals surface area contributed by atoms with Crippen LogP contribution in [0, 0.1) is 0 Å². The lowest BCUT2D eigenvalue weighted by Crippen LogP contribution is -2.01. The van der Waals surface area contributed by atoms with E-state index in [0.717, 1.165) is 0 Å².